The molecule has 0 heterocycles. The zero-order valence-corrected chi connectivity index (χ0v) is 11.4. The Morgan fingerprint density at radius 2 is 1.76 bits per heavy atom. The summed E-state index contributed by atoms with van der Waals surface area (Å²) >= 11 is 0. The SMILES string of the molecule is CCC(C)N(Cc1ccccc1)C[C@H](N)CC. The molecule has 0 aromatic heterocycles. The van der Waals surface area contributed by atoms with Gasteiger partial charge in [-0.3, -0.25) is 4.90 Å². The molecular formula is C15H26N2. The maximum Gasteiger partial charge on any atom is 0.0237 e. The van der Waals surface area contributed by atoms with Crippen LogP contribution in [-0.2, 0) is 6.54 Å². The number of nitrogens with zero attached hydrogens (tertiary/aromatic N) is 1. The molecule has 0 aliphatic rings. The van der Waals surface area contributed by atoms with E-state index in [4.69, 9.17) is 5.73 Å². The number of nitrogens with two attached hydrogens (primary N) is 1. The molecule has 17 heavy (non-hydrogen) atoms. The molecule has 0 spiro atoms. The minimum Gasteiger partial charge on any atom is -0.327 e. The third-order valence-electron chi connectivity index (χ3n) is 3.44. The molecule has 0 aliphatic heterocycles. The lowest BCUT2D eigenvalue weighted by Gasteiger charge is -2.30. The highest BCUT2D eigenvalue weighted by Crippen LogP contribution is 2.11. The summed E-state index contributed by atoms with van der Waals surface area (Å²) in [6, 6.07) is 11.5. The van der Waals surface area contributed by atoms with Gasteiger partial charge in [-0.25, -0.2) is 0 Å². The molecule has 0 bridgehead atoms. The fraction of sp³-hybridized carbons (Fsp3) is 0.600. The Kier molecular flexibility index (Phi) is 6.23. The van der Waals surface area contributed by atoms with E-state index in [0.29, 0.717) is 6.04 Å². The van der Waals surface area contributed by atoms with Crippen LogP contribution in [0.15, 0.2) is 30.3 Å². The van der Waals surface area contributed by atoms with Gasteiger partial charge in [0.1, 0.15) is 0 Å². The van der Waals surface area contributed by atoms with Gasteiger partial charge in [0.15, 0.2) is 0 Å². The van der Waals surface area contributed by atoms with Crippen molar-refractivity contribution in [3.05, 3.63) is 35.9 Å². The molecule has 0 aliphatic carbocycles. The van der Waals surface area contributed by atoms with Crippen LogP contribution in [0.2, 0.25) is 0 Å². The van der Waals surface area contributed by atoms with Crippen LogP contribution in [0.4, 0.5) is 0 Å². The van der Waals surface area contributed by atoms with E-state index in [-0.39, 0.29) is 6.04 Å². The van der Waals surface area contributed by atoms with Crippen LogP contribution >= 0.6 is 0 Å². The highest BCUT2D eigenvalue weighted by molar-refractivity contribution is 5.14. The van der Waals surface area contributed by atoms with Gasteiger partial charge in [0, 0.05) is 25.2 Å². The van der Waals surface area contributed by atoms with E-state index in [1.807, 2.05) is 0 Å². The summed E-state index contributed by atoms with van der Waals surface area (Å²) in [5.74, 6) is 0. The molecule has 0 amide bonds. The van der Waals surface area contributed by atoms with Crippen LogP contribution in [0.1, 0.15) is 39.2 Å². The number of hydrogen-bond acceptors (Lipinski definition) is 2. The van der Waals surface area contributed by atoms with Crippen LogP contribution in [0.25, 0.3) is 0 Å². The molecule has 2 atom stereocenters. The normalized spacial score (nSPS) is 14.9. The predicted molar refractivity (Wildman–Crippen MR) is 74.9 cm³/mol. The Labute approximate surface area is 106 Å². The second kappa shape index (κ2) is 7.46. The van der Waals surface area contributed by atoms with Gasteiger partial charge in [0.2, 0.25) is 0 Å². The topological polar surface area (TPSA) is 29.3 Å². The smallest absolute Gasteiger partial charge is 0.0237 e. The highest BCUT2D eigenvalue weighted by atomic mass is 15.2. The third kappa shape index (κ3) is 4.88. The first-order valence-electron chi connectivity index (χ1n) is 6.70. The molecule has 2 N–H and O–H groups in total. The molecule has 2 nitrogen and oxygen atoms in total. The van der Waals surface area contributed by atoms with Gasteiger partial charge in [-0.2, -0.15) is 0 Å². The summed E-state index contributed by atoms with van der Waals surface area (Å²) in [6.45, 7) is 8.66. The van der Waals surface area contributed by atoms with Crippen LogP contribution in [-0.4, -0.2) is 23.5 Å². The summed E-state index contributed by atoms with van der Waals surface area (Å²) in [6.07, 6.45) is 2.21. The number of benzene rings is 1. The van der Waals surface area contributed by atoms with Crippen molar-refractivity contribution >= 4 is 0 Å². The summed E-state index contributed by atoms with van der Waals surface area (Å²) < 4.78 is 0. The Morgan fingerprint density at radius 3 is 2.29 bits per heavy atom. The molecule has 1 unspecified atom stereocenters. The van der Waals surface area contributed by atoms with Gasteiger partial charge in [-0.05, 0) is 25.3 Å². The maximum atomic E-state index is 6.08. The van der Waals surface area contributed by atoms with Crippen molar-refractivity contribution in [3.8, 4) is 0 Å². The number of hydrogen-bond donors (Lipinski definition) is 1. The van der Waals surface area contributed by atoms with E-state index in [9.17, 15) is 0 Å². The first kappa shape index (κ1) is 14.2. The molecule has 96 valence electrons. The van der Waals surface area contributed by atoms with E-state index >= 15 is 0 Å². The predicted octanol–water partition coefficient (Wildman–Crippen LogP) is 3.02. The van der Waals surface area contributed by atoms with E-state index in [2.05, 4.69) is 56.0 Å². The Bertz CT molecular complexity index is 297. The first-order chi connectivity index (χ1) is 8.17. The molecule has 0 fully saturated rings. The van der Waals surface area contributed by atoms with Crippen molar-refractivity contribution in [1.29, 1.82) is 0 Å². The Morgan fingerprint density at radius 1 is 1.12 bits per heavy atom. The molecule has 1 aromatic carbocycles. The second-order valence-electron chi connectivity index (χ2n) is 4.84. The van der Waals surface area contributed by atoms with Crippen molar-refractivity contribution in [2.45, 2.75) is 52.2 Å². The average Bonchev–Trinajstić information content (AvgIpc) is 2.38. The van der Waals surface area contributed by atoms with Gasteiger partial charge in [-0.1, -0.05) is 44.2 Å². The van der Waals surface area contributed by atoms with Crippen LogP contribution in [0, 0.1) is 0 Å². The van der Waals surface area contributed by atoms with Gasteiger partial charge in [-0.15, -0.1) is 0 Å². The summed E-state index contributed by atoms with van der Waals surface area (Å²) in [7, 11) is 0. The van der Waals surface area contributed by atoms with E-state index < -0.39 is 0 Å². The van der Waals surface area contributed by atoms with Crippen LogP contribution in [0.5, 0.6) is 0 Å². The lowest BCUT2D eigenvalue weighted by atomic mass is 10.1. The van der Waals surface area contributed by atoms with Gasteiger partial charge < -0.3 is 5.73 Å². The van der Waals surface area contributed by atoms with Crippen molar-refractivity contribution in [2.75, 3.05) is 6.54 Å². The average molecular weight is 234 g/mol. The molecule has 1 aromatic rings. The fourth-order valence-electron chi connectivity index (χ4n) is 1.91. The zero-order chi connectivity index (χ0) is 12.7. The molecule has 0 saturated heterocycles. The van der Waals surface area contributed by atoms with Crippen molar-refractivity contribution in [1.82, 2.24) is 4.90 Å². The highest BCUT2D eigenvalue weighted by Gasteiger charge is 2.15. The van der Waals surface area contributed by atoms with Gasteiger partial charge in [0.25, 0.3) is 0 Å². The van der Waals surface area contributed by atoms with E-state index in [1.165, 1.54) is 12.0 Å². The Hall–Kier alpha value is -0.860. The van der Waals surface area contributed by atoms with Crippen molar-refractivity contribution in [2.24, 2.45) is 5.73 Å². The first-order valence-corrected chi connectivity index (χ1v) is 6.70. The standard InChI is InChI=1S/C15H26N2/c1-4-13(3)17(12-15(16)5-2)11-14-9-7-6-8-10-14/h6-10,13,15H,4-5,11-12,16H2,1-3H3/t13?,15-/m1/s1. The van der Waals surface area contributed by atoms with Crippen molar-refractivity contribution < 1.29 is 0 Å². The molecule has 1 rings (SSSR count). The maximum absolute atomic E-state index is 6.08. The summed E-state index contributed by atoms with van der Waals surface area (Å²) in [5.41, 5.74) is 7.45. The van der Waals surface area contributed by atoms with Crippen molar-refractivity contribution in [3.63, 3.8) is 0 Å². The van der Waals surface area contributed by atoms with Crippen LogP contribution in [0.3, 0.4) is 0 Å². The van der Waals surface area contributed by atoms with E-state index in [1.54, 1.807) is 0 Å². The molecule has 2 heteroatoms. The van der Waals surface area contributed by atoms with Gasteiger partial charge in [0.05, 0.1) is 0 Å². The minimum atomic E-state index is 0.285. The lowest BCUT2D eigenvalue weighted by molar-refractivity contribution is 0.182. The molecule has 0 saturated carbocycles. The third-order valence-corrected chi connectivity index (χ3v) is 3.44. The van der Waals surface area contributed by atoms with Gasteiger partial charge >= 0.3 is 0 Å². The van der Waals surface area contributed by atoms with E-state index in [0.717, 1.165) is 19.5 Å². The number of rotatable bonds is 7. The quantitative estimate of drug-likeness (QED) is 0.786. The fourth-order valence-corrected chi connectivity index (χ4v) is 1.91. The largest absolute Gasteiger partial charge is 0.327 e. The summed E-state index contributed by atoms with van der Waals surface area (Å²) in [5, 5.41) is 0. The zero-order valence-electron chi connectivity index (χ0n) is 11.4. The second-order valence-corrected chi connectivity index (χ2v) is 4.84. The lowest BCUT2D eigenvalue weighted by Crippen LogP contribution is -2.41. The monoisotopic (exact) mass is 234 g/mol. The minimum absolute atomic E-state index is 0.285. The Balaban J connectivity index is 2.63. The summed E-state index contributed by atoms with van der Waals surface area (Å²) in [4.78, 5) is 2.49. The molecular weight excluding hydrogens is 208 g/mol. The van der Waals surface area contributed by atoms with Crippen LogP contribution < -0.4 is 5.73 Å². The molecule has 0 radical (unpaired) electrons.